The van der Waals surface area contributed by atoms with Crippen molar-refractivity contribution in [1.29, 1.82) is 0 Å². The molecule has 0 aliphatic heterocycles. The normalized spacial score (nSPS) is 11.5. The van der Waals surface area contributed by atoms with Crippen molar-refractivity contribution in [1.82, 2.24) is 5.23 Å². The number of hydroxylamine groups is 2. The molecule has 2 N–H and O–H groups in total. The summed E-state index contributed by atoms with van der Waals surface area (Å²) < 4.78 is 0. The monoisotopic (exact) mass is 187 g/mol. The maximum absolute atomic E-state index is 11.0. The molecule has 0 saturated heterocycles. The summed E-state index contributed by atoms with van der Waals surface area (Å²) in [5, 5.41) is 16.6. The van der Waals surface area contributed by atoms with Crippen LogP contribution < -0.4 is 0 Å². The topological polar surface area (TPSA) is 60.8 Å². The fourth-order valence-electron chi connectivity index (χ4n) is 1.07. The highest BCUT2D eigenvalue weighted by Crippen LogP contribution is 2.10. The summed E-state index contributed by atoms with van der Waals surface area (Å²) in [6.07, 6.45) is 5.22. The van der Waals surface area contributed by atoms with Crippen LogP contribution in [0.4, 0.5) is 0 Å². The Bertz CT molecular complexity index is 187. The molecule has 0 aliphatic rings. The van der Waals surface area contributed by atoms with E-state index in [1.165, 1.54) is 0 Å². The fraction of sp³-hybridized carbons (Fsp3) is 0.667. The predicted molar refractivity (Wildman–Crippen MR) is 48.3 cm³/mol. The molecule has 4 nitrogen and oxygen atoms in total. The van der Waals surface area contributed by atoms with Crippen LogP contribution in [0, 0.1) is 0 Å². The highest BCUT2D eigenvalue weighted by Gasteiger charge is 2.12. The average molecular weight is 187 g/mol. The number of rotatable bonds is 5. The molecule has 4 heteroatoms. The molecule has 0 aromatic carbocycles. The van der Waals surface area contributed by atoms with E-state index in [1.807, 2.05) is 0 Å². The summed E-state index contributed by atoms with van der Waals surface area (Å²) in [7, 11) is 0. The van der Waals surface area contributed by atoms with Crippen LogP contribution in [0.2, 0.25) is 0 Å². The fourth-order valence-corrected chi connectivity index (χ4v) is 1.07. The Hall–Kier alpha value is -0.870. The summed E-state index contributed by atoms with van der Waals surface area (Å²) in [5.74, 6) is -0.737. The molecule has 0 saturated carbocycles. The minimum atomic E-state index is -0.737. The molecule has 76 valence electrons. The summed E-state index contributed by atoms with van der Waals surface area (Å²) in [6.45, 7) is 3.78. The minimum absolute atomic E-state index is 0.360. The summed E-state index contributed by atoms with van der Waals surface area (Å²) in [6, 6.07) is 0. The third-order valence-electron chi connectivity index (χ3n) is 1.85. The van der Waals surface area contributed by atoms with Crippen LogP contribution in [0.3, 0.4) is 0 Å². The zero-order chi connectivity index (χ0) is 10.3. The molecule has 0 radical (unpaired) electrons. The van der Waals surface area contributed by atoms with Crippen molar-refractivity contribution in [3.63, 3.8) is 0 Å². The summed E-state index contributed by atoms with van der Waals surface area (Å²) >= 11 is 0. The van der Waals surface area contributed by atoms with Gasteiger partial charge in [0.2, 0.25) is 0 Å². The van der Waals surface area contributed by atoms with Gasteiger partial charge in [0.05, 0.1) is 0 Å². The van der Waals surface area contributed by atoms with Crippen LogP contribution in [0.25, 0.3) is 0 Å². The van der Waals surface area contributed by atoms with E-state index in [0.717, 1.165) is 19.3 Å². The highest BCUT2D eigenvalue weighted by atomic mass is 16.8. The lowest BCUT2D eigenvalue weighted by Crippen LogP contribution is -2.24. The van der Waals surface area contributed by atoms with Crippen molar-refractivity contribution in [3.8, 4) is 0 Å². The van der Waals surface area contributed by atoms with E-state index in [-0.39, 0.29) is 5.23 Å². The largest absolute Gasteiger partial charge is 0.299 e. The van der Waals surface area contributed by atoms with Gasteiger partial charge < -0.3 is 0 Å². The van der Waals surface area contributed by atoms with E-state index in [0.29, 0.717) is 12.0 Å². The van der Waals surface area contributed by atoms with Crippen LogP contribution in [-0.4, -0.2) is 21.5 Å². The first-order chi connectivity index (χ1) is 6.13. The molecule has 0 spiro atoms. The molecule has 0 fully saturated rings. The molecule has 0 bridgehead atoms. The lowest BCUT2D eigenvalue weighted by atomic mass is 10.1. The van der Waals surface area contributed by atoms with Gasteiger partial charge in [0.15, 0.2) is 0 Å². The van der Waals surface area contributed by atoms with Crippen molar-refractivity contribution >= 4 is 5.91 Å². The maximum atomic E-state index is 11.0. The Labute approximate surface area is 78.4 Å². The van der Waals surface area contributed by atoms with E-state index in [2.05, 4.69) is 6.92 Å². The molecule has 0 aromatic heterocycles. The number of amides is 1. The SMILES string of the molecule is C/C=C(/CCCCC)C(=O)N(O)O. The van der Waals surface area contributed by atoms with Gasteiger partial charge in [-0.3, -0.25) is 15.2 Å². The number of allylic oxidation sites excluding steroid dienone is 1. The lowest BCUT2D eigenvalue weighted by molar-refractivity contribution is -0.281. The van der Waals surface area contributed by atoms with Crippen molar-refractivity contribution in [2.75, 3.05) is 0 Å². The molecule has 0 atom stereocenters. The van der Waals surface area contributed by atoms with Gasteiger partial charge in [-0.05, 0) is 19.8 Å². The number of unbranched alkanes of at least 4 members (excludes halogenated alkanes) is 2. The molecule has 0 heterocycles. The van der Waals surface area contributed by atoms with Gasteiger partial charge in [-0.15, -0.1) is 0 Å². The molecule has 0 aliphatic carbocycles. The smallest absolute Gasteiger partial charge is 0.265 e. The van der Waals surface area contributed by atoms with E-state index in [9.17, 15) is 4.79 Å². The van der Waals surface area contributed by atoms with Crippen molar-refractivity contribution < 1.29 is 15.2 Å². The van der Waals surface area contributed by atoms with Crippen molar-refractivity contribution in [3.05, 3.63) is 11.6 Å². The van der Waals surface area contributed by atoms with E-state index < -0.39 is 5.91 Å². The van der Waals surface area contributed by atoms with Crippen LogP contribution in [-0.2, 0) is 4.79 Å². The van der Waals surface area contributed by atoms with Gasteiger partial charge in [-0.2, -0.15) is 0 Å². The first kappa shape index (κ1) is 12.1. The molecular weight excluding hydrogens is 170 g/mol. The third kappa shape index (κ3) is 4.65. The standard InChI is InChI=1S/C9H17NO3/c1-3-5-6-7-8(4-2)9(11)10(12)13/h4,12-13H,3,5-7H2,1-2H3/b8-4-. The van der Waals surface area contributed by atoms with Gasteiger partial charge in [-0.25, -0.2) is 0 Å². The summed E-state index contributed by atoms with van der Waals surface area (Å²) in [5.41, 5.74) is 0.443. The third-order valence-corrected chi connectivity index (χ3v) is 1.85. The Morgan fingerprint density at radius 1 is 1.38 bits per heavy atom. The number of hydrogen-bond acceptors (Lipinski definition) is 3. The second-order valence-corrected chi connectivity index (χ2v) is 2.87. The van der Waals surface area contributed by atoms with E-state index in [4.69, 9.17) is 10.4 Å². The predicted octanol–water partition coefficient (Wildman–Crippen LogP) is 2.12. The van der Waals surface area contributed by atoms with Crippen LogP contribution in [0.15, 0.2) is 11.6 Å². The minimum Gasteiger partial charge on any atom is -0.265 e. The molecule has 0 rings (SSSR count). The molecule has 0 aromatic rings. The zero-order valence-corrected chi connectivity index (χ0v) is 8.16. The Balaban J connectivity index is 3.98. The number of nitrogens with zero attached hydrogens (tertiary/aromatic N) is 1. The Morgan fingerprint density at radius 3 is 2.38 bits per heavy atom. The highest BCUT2D eigenvalue weighted by molar-refractivity contribution is 5.91. The zero-order valence-electron chi connectivity index (χ0n) is 8.16. The van der Waals surface area contributed by atoms with Crippen LogP contribution >= 0.6 is 0 Å². The van der Waals surface area contributed by atoms with Crippen LogP contribution in [0.5, 0.6) is 0 Å². The second-order valence-electron chi connectivity index (χ2n) is 2.87. The van der Waals surface area contributed by atoms with Gasteiger partial charge >= 0.3 is 0 Å². The first-order valence-corrected chi connectivity index (χ1v) is 4.50. The Morgan fingerprint density at radius 2 is 2.00 bits per heavy atom. The number of carbonyl (C=O) groups is 1. The molecule has 13 heavy (non-hydrogen) atoms. The van der Waals surface area contributed by atoms with Crippen molar-refractivity contribution in [2.45, 2.75) is 39.5 Å². The first-order valence-electron chi connectivity index (χ1n) is 4.50. The second kappa shape index (κ2) is 6.62. The van der Waals surface area contributed by atoms with Crippen molar-refractivity contribution in [2.24, 2.45) is 0 Å². The summed E-state index contributed by atoms with van der Waals surface area (Å²) in [4.78, 5) is 11.0. The maximum Gasteiger partial charge on any atom is 0.299 e. The average Bonchev–Trinajstić information content (AvgIpc) is 2.11. The molecule has 1 amide bonds. The quantitative estimate of drug-likeness (QED) is 0.300. The number of carbonyl (C=O) groups excluding carboxylic acids is 1. The van der Waals surface area contributed by atoms with E-state index >= 15 is 0 Å². The van der Waals surface area contributed by atoms with Gasteiger partial charge in [0, 0.05) is 5.57 Å². The number of hydrogen-bond donors (Lipinski definition) is 2. The lowest BCUT2D eigenvalue weighted by Gasteiger charge is -2.08. The van der Waals surface area contributed by atoms with E-state index in [1.54, 1.807) is 13.0 Å². The Kier molecular flexibility index (Phi) is 6.18. The van der Waals surface area contributed by atoms with Crippen LogP contribution in [0.1, 0.15) is 39.5 Å². The van der Waals surface area contributed by atoms with Gasteiger partial charge in [0.1, 0.15) is 0 Å². The van der Waals surface area contributed by atoms with Gasteiger partial charge in [0.25, 0.3) is 5.91 Å². The van der Waals surface area contributed by atoms with Gasteiger partial charge in [-0.1, -0.05) is 31.1 Å². The molecule has 0 unspecified atom stereocenters. The molecular formula is C9H17NO3.